The lowest BCUT2D eigenvalue weighted by molar-refractivity contribution is -0.142. The molecule has 2 saturated heterocycles. The summed E-state index contributed by atoms with van der Waals surface area (Å²) in [6, 6.07) is -0.135. The summed E-state index contributed by atoms with van der Waals surface area (Å²) in [5, 5.41) is 6.28. The summed E-state index contributed by atoms with van der Waals surface area (Å²) in [5.74, 6) is -1.38. The van der Waals surface area contributed by atoms with E-state index in [1.165, 1.54) is 6.42 Å². The first-order valence-corrected chi connectivity index (χ1v) is 11.4. The molecule has 0 aromatic carbocycles. The van der Waals surface area contributed by atoms with E-state index in [0.717, 1.165) is 51.4 Å². The first-order chi connectivity index (χ1) is 14.1. The van der Waals surface area contributed by atoms with Crippen molar-refractivity contribution in [2.45, 2.75) is 93.7 Å². The van der Waals surface area contributed by atoms with E-state index >= 15 is 0 Å². The van der Waals surface area contributed by atoms with Crippen molar-refractivity contribution >= 4 is 17.7 Å². The molecule has 5 fully saturated rings. The van der Waals surface area contributed by atoms with Crippen molar-refractivity contribution in [1.29, 1.82) is 0 Å². The van der Waals surface area contributed by atoms with E-state index in [1.54, 1.807) is 4.90 Å². The van der Waals surface area contributed by atoms with Crippen LogP contribution >= 0.6 is 0 Å². The van der Waals surface area contributed by atoms with Gasteiger partial charge in [0, 0.05) is 18.1 Å². The zero-order valence-corrected chi connectivity index (χ0v) is 16.6. The van der Waals surface area contributed by atoms with Crippen LogP contribution in [0.3, 0.4) is 0 Å². The predicted molar refractivity (Wildman–Crippen MR) is 104 cm³/mol. The van der Waals surface area contributed by atoms with Gasteiger partial charge in [0.15, 0.2) is 0 Å². The number of hydrogen-bond acceptors (Lipinski definition) is 4. The number of nitrogens with one attached hydrogen (secondary N) is 2. The number of carbonyl (C=O) groups excluding carboxylic acids is 3. The lowest BCUT2D eigenvalue weighted by Crippen LogP contribution is -2.57. The lowest BCUT2D eigenvalue weighted by atomic mass is 9.74. The number of rotatable bonds is 5. The molecule has 0 aromatic rings. The molecular formula is C22H29N3O4. The van der Waals surface area contributed by atoms with Crippen molar-refractivity contribution in [2.75, 3.05) is 0 Å². The highest BCUT2D eigenvalue weighted by atomic mass is 16.5. The van der Waals surface area contributed by atoms with Crippen LogP contribution in [0, 0.1) is 11.8 Å². The fourth-order valence-corrected chi connectivity index (χ4v) is 6.00. The molecule has 3 aliphatic carbocycles. The van der Waals surface area contributed by atoms with Crippen LogP contribution < -0.4 is 10.6 Å². The van der Waals surface area contributed by atoms with Crippen LogP contribution in [-0.2, 0) is 19.1 Å². The van der Waals surface area contributed by atoms with Gasteiger partial charge in [0.25, 0.3) is 0 Å². The fourth-order valence-electron chi connectivity index (χ4n) is 6.00. The van der Waals surface area contributed by atoms with Gasteiger partial charge in [-0.1, -0.05) is 31.4 Å². The van der Waals surface area contributed by atoms with Crippen LogP contribution in [0.5, 0.6) is 0 Å². The molecule has 7 heteroatoms. The Balaban J connectivity index is 1.31. The molecule has 3 amide bonds. The van der Waals surface area contributed by atoms with Crippen LogP contribution in [0.4, 0.5) is 0 Å². The zero-order chi connectivity index (χ0) is 19.8. The van der Waals surface area contributed by atoms with Crippen LogP contribution in [0.25, 0.3) is 0 Å². The largest absolute Gasteiger partial charge is 0.359 e. The maximum absolute atomic E-state index is 13.5. The van der Waals surface area contributed by atoms with E-state index in [-0.39, 0.29) is 35.8 Å². The molecule has 6 rings (SSSR count). The van der Waals surface area contributed by atoms with Crippen molar-refractivity contribution in [2.24, 2.45) is 11.8 Å². The Morgan fingerprint density at radius 2 is 1.66 bits per heavy atom. The number of hydrogen-bond donors (Lipinski definition) is 2. The summed E-state index contributed by atoms with van der Waals surface area (Å²) in [5.41, 5.74) is -0.991. The van der Waals surface area contributed by atoms with Gasteiger partial charge in [-0.3, -0.25) is 14.4 Å². The third-order valence-corrected chi connectivity index (χ3v) is 7.68. The monoisotopic (exact) mass is 399 g/mol. The highest BCUT2D eigenvalue weighted by Crippen LogP contribution is 2.57. The van der Waals surface area contributed by atoms with E-state index in [9.17, 15) is 14.4 Å². The average molecular weight is 399 g/mol. The molecule has 2 N–H and O–H groups in total. The van der Waals surface area contributed by atoms with Crippen LogP contribution in [-0.4, -0.2) is 58.5 Å². The molecule has 0 unspecified atom stereocenters. The Morgan fingerprint density at radius 1 is 0.966 bits per heavy atom. The molecule has 156 valence electrons. The summed E-state index contributed by atoms with van der Waals surface area (Å²) in [7, 11) is 0. The Morgan fingerprint density at radius 3 is 2.34 bits per heavy atom. The van der Waals surface area contributed by atoms with Gasteiger partial charge < -0.3 is 20.3 Å². The second kappa shape index (κ2) is 6.30. The van der Waals surface area contributed by atoms with Gasteiger partial charge in [0.05, 0.1) is 17.9 Å². The molecule has 5 atom stereocenters. The molecule has 1 spiro atoms. The summed E-state index contributed by atoms with van der Waals surface area (Å²) < 4.78 is 6.33. The molecule has 6 aliphatic rings. The topological polar surface area (TPSA) is 87.7 Å². The minimum atomic E-state index is -0.991. The molecule has 0 aromatic heterocycles. The summed E-state index contributed by atoms with van der Waals surface area (Å²) >= 11 is 0. The number of likely N-dealkylation sites (tertiary alicyclic amines) is 1. The molecule has 3 heterocycles. The van der Waals surface area contributed by atoms with E-state index in [2.05, 4.69) is 10.6 Å². The van der Waals surface area contributed by atoms with Crippen molar-refractivity contribution in [3.63, 3.8) is 0 Å². The summed E-state index contributed by atoms with van der Waals surface area (Å²) in [6.07, 6.45) is 12.8. The van der Waals surface area contributed by atoms with Gasteiger partial charge in [0.1, 0.15) is 11.6 Å². The van der Waals surface area contributed by atoms with Crippen LogP contribution in [0.2, 0.25) is 0 Å². The minimum absolute atomic E-state index is 0.0703. The maximum Gasteiger partial charge on any atom is 0.246 e. The van der Waals surface area contributed by atoms with Gasteiger partial charge in [-0.2, -0.15) is 0 Å². The van der Waals surface area contributed by atoms with Gasteiger partial charge in [-0.15, -0.1) is 0 Å². The van der Waals surface area contributed by atoms with Gasteiger partial charge >= 0.3 is 0 Å². The SMILES string of the molecule is O=C(NC1CC1)[C@H]1[C@@H]2C=C[C@]3(O2)[C@H]1C(=O)N(C1CC1)[C@@H]3C(=O)NC1CCCCC1. The number of nitrogens with zero attached hydrogens (tertiary/aromatic N) is 1. The first-order valence-electron chi connectivity index (χ1n) is 11.4. The normalized spacial score (nSPS) is 41.0. The van der Waals surface area contributed by atoms with Crippen molar-refractivity contribution in [1.82, 2.24) is 15.5 Å². The highest BCUT2D eigenvalue weighted by molar-refractivity contribution is 6.00. The van der Waals surface area contributed by atoms with Crippen LogP contribution in [0.1, 0.15) is 57.8 Å². The van der Waals surface area contributed by atoms with Crippen molar-refractivity contribution in [3.8, 4) is 0 Å². The van der Waals surface area contributed by atoms with Crippen molar-refractivity contribution in [3.05, 3.63) is 12.2 Å². The van der Waals surface area contributed by atoms with E-state index in [4.69, 9.17) is 4.74 Å². The minimum Gasteiger partial charge on any atom is -0.359 e. The number of carbonyl (C=O) groups is 3. The molecule has 3 aliphatic heterocycles. The molecule has 3 saturated carbocycles. The zero-order valence-electron chi connectivity index (χ0n) is 16.6. The molecule has 29 heavy (non-hydrogen) atoms. The summed E-state index contributed by atoms with van der Waals surface area (Å²) in [6.45, 7) is 0. The Hall–Kier alpha value is -1.89. The smallest absolute Gasteiger partial charge is 0.246 e. The second-order valence-electron chi connectivity index (χ2n) is 9.80. The Bertz CT molecular complexity index is 783. The predicted octanol–water partition coefficient (Wildman–Crippen LogP) is 1.03. The van der Waals surface area contributed by atoms with E-state index in [1.807, 2.05) is 12.2 Å². The second-order valence-corrected chi connectivity index (χ2v) is 9.80. The Labute approximate surface area is 170 Å². The van der Waals surface area contributed by atoms with Gasteiger partial charge in [-0.25, -0.2) is 0 Å². The molecule has 7 nitrogen and oxygen atoms in total. The van der Waals surface area contributed by atoms with Crippen LogP contribution in [0.15, 0.2) is 12.2 Å². The summed E-state index contributed by atoms with van der Waals surface area (Å²) in [4.78, 5) is 41.7. The van der Waals surface area contributed by atoms with E-state index in [0.29, 0.717) is 0 Å². The Kier molecular flexibility index (Phi) is 3.90. The molecule has 2 bridgehead atoms. The molecule has 0 radical (unpaired) electrons. The van der Waals surface area contributed by atoms with Gasteiger partial charge in [-0.05, 0) is 38.5 Å². The third-order valence-electron chi connectivity index (χ3n) is 7.68. The quantitative estimate of drug-likeness (QED) is 0.676. The van der Waals surface area contributed by atoms with E-state index < -0.39 is 29.6 Å². The first kappa shape index (κ1) is 17.9. The highest BCUT2D eigenvalue weighted by Gasteiger charge is 2.74. The lowest BCUT2D eigenvalue weighted by Gasteiger charge is -2.34. The number of fused-ring (bicyclic) bond motifs is 1. The average Bonchev–Trinajstić information content (AvgIpc) is 3.63. The third kappa shape index (κ3) is 2.69. The fraction of sp³-hybridized carbons (Fsp3) is 0.773. The molecular weight excluding hydrogens is 370 g/mol. The standard InChI is InChI=1S/C22H29N3O4/c26-19(23-13-6-7-13)16-15-10-11-22(29-15)17(16)21(28)25(14-8-9-14)18(22)20(27)24-12-4-2-1-3-5-12/h10-18H,1-9H2,(H,23,26)(H,24,27)/t15-,16-,17+,18+,22-/m0/s1. The number of ether oxygens (including phenoxy) is 1. The van der Waals surface area contributed by atoms with Crippen molar-refractivity contribution < 1.29 is 19.1 Å². The van der Waals surface area contributed by atoms with Gasteiger partial charge in [0.2, 0.25) is 17.7 Å². The maximum atomic E-state index is 13.5. The number of amides is 3.